The third-order valence-electron chi connectivity index (χ3n) is 4.40. The molecule has 2 fully saturated rings. The van der Waals surface area contributed by atoms with E-state index >= 15 is 0 Å². The molecule has 6 nitrogen and oxygen atoms in total. The van der Waals surface area contributed by atoms with Gasteiger partial charge in [-0.3, -0.25) is 0 Å². The van der Waals surface area contributed by atoms with E-state index in [2.05, 4.69) is 22.4 Å². The summed E-state index contributed by atoms with van der Waals surface area (Å²) in [6.07, 6.45) is 4.15. The lowest BCUT2D eigenvalue weighted by atomic mass is 9.78. The molecule has 1 N–H and O–H groups in total. The monoisotopic (exact) mass is 281 g/mol. The minimum Gasteiger partial charge on any atom is -0.370 e. The van der Waals surface area contributed by atoms with Crippen molar-refractivity contribution >= 4 is 0 Å². The van der Waals surface area contributed by atoms with Crippen LogP contribution in [0.15, 0.2) is 4.52 Å². The van der Waals surface area contributed by atoms with Crippen LogP contribution < -0.4 is 5.32 Å². The highest BCUT2D eigenvalue weighted by Gasteiger charge is 2.41. The van der Waals surface area contributed by atoms with Crippen molar-refractivity contribution in [1.82, 2.24) is 15.5 Å². The van der Waals surface area contributed by atoms with Gasteiger partial charge in [-0.1, -0.05) is 18.5 Å². The van der Waals surface area contributed by atoms with Crippen molar-refractivity contribution in [2.75, 3.05) is 26.8 Å². The Morgan fingerprint density at radius 1 is 1.45 bits per heavy atom. The molecule has 112 valence electrons. The maximum absolute atomic E-state index is 5.79. The van der Waals surface area contributed by atoms with Crippen molar-refractivity contribution in [1.29, 1.82) is 0 Å². The number of hydrogen-bond acceptors (Lipinski definition) is 6. The maximum atomic E-state index is 5.79. The van der Waals surface area contributed by atoms with Crippen LogP contribution in [0.3, 0.4) is 0 Å². The molecule has 2 heterocycles. The highest BCUT2D eigenvalue weighted by molar-refractivity contribution is 5.05. The van der Waals surface area contributed by atoms with E-state index in [1.807, 2.05) is 0 Å². The van der Waals surface area contributed by atoms with Crippen LogP contribution in [0.1, 0.15) is 50.4 Å². The minimum absolute atomic E-state index is 0.139. The quantitative estimate of drug-likeness (QED) is 0.911. The van der Waals surface area contributed by atoms with Crippen molar-refractivity contribution in [3.63, 3.8) is 0 Å². The molecule has 1 saturated carbocycles. The van der Waals surface area contributed by atoms with Crippen molar-refractivity contribution in [2.45, 2.75) is 44.3 Å². The molecule has 1 aromatic rings. The van der Waals surface area contributed by atoms with Crippen molar-refractivity contribution in [3.8, 4) is 0 Å². The molecule has 1 aromatic heterocycles. The lowest BCUT2D eigenvalue weighted by Crippen LogP contribution is -2.36. The lowest BCUT2D eigenvalue weighted by Gasteiger charge is -2.36. The van der Waals surface area contributed by atoms with Gasteiger partial charge in [0.15, 0.2) is 0 Å². The van der Waals surface area contributed by atoms with Gasteiger partial charge in [0.05, 0.1) is 6.61 Å². The summed E-state index contributed by atoms with van der Waals surface area (Å²) in [5, 5.41) is 7.44. The fourth-order valence-corrected chi connectivity index (χ4v) is 3.26. The Morgan fingerprint density at radius 2 is 2.35 bits per heavy atom. The third-order valence-corrected chi connectivity index (χ3v) is 4.40. The van der Waals surface area contributed by atoms with Crippen LogP contribution >= 0.6 is 0 Å². The van der Waals surface area contributed by atoms with Crippen LogP contribution in [0.2, 0.25) is 0 Å². The number of aromatic nitrogens is 2. The molecule has 3 atom stereocenters. The van der Waals surface area contributed by atoms with Crippen LogP contribution in [0.4, 0.5) is 0 Å². The van der Waals surface area contributed by atoms with Crippen LogP contribution in [0.5, 0.6) is 0 Å². The van der Waals surface area contributed by atoms with E-state index in [0.29, 0.717) is 24.2 Å². The van der Waals surface area contributed by atoms with Crippen LogP contribution in [0, 0.1) is 5.92 Å². The van der Waals surface area contributed by atoms with Crippen LogP contribution in [0.25, 0.3) is 0 Å². The maximum Gasteiger partial charge on any atom is 0.257 e. The van der Waals surface area contributed by atoms with Gasteiger partial charge in [-0.25, -0.2) is 0 Å². The first kappa shape index (κ1) is 14.0. The molecule has 1 aliphatic carbocycles. The minimum atomic E-state index is -0.387. The highest BCUT2D eigenvalue weighted by atomic mass is 16.5. The molecule has 0 bridgehead atoms. The summed E-state index contributed by atoms with van der Waals surface area (Å²) in [6.45, 7) is 4.52. The molecule has 20 heavy (non-hydrogen) atoms. The summed E-state index contributed by atoms with van der Waals surface area (Å²) in [5.41, 5.74) is -0.387. The largest absolute Gasteiger partial charge is 0.370 e. The Kier molecular flexibility index (Phi) is 4.05. The van der Waals surface area contributed by atoms with E-state index in [4.69, 9.17) is 14.0 Å². The van der Waals surface area contributed by atoms with E-state index in [9.17, 15) is 0 Å². The average Bonchev–Trinajstić information content (AvgIpc) is 2.98. The van der Waals surface area contributed by atoms with E-state index in [-0.39, 0.29) is 11.7 Å². The first-order valence-corrected chi connectivity index (χ1v) is 7.45. The third kappa shape index (κ3) is 2.60. The van der Waals surface area contributed by atoms with E-state index in [0.717, 1.165) is 32.4 Å². The van der Waals surface area contributed by atoms with E-state index in [1.165, 1.54) is 6.42 Å². The van der Waals surface area contributed by atoms with Gasteiger partial charge >= 0.3 is 0 Å². The zero-order valence-corrected chi connectivity index (χ0v) is 12.2. The molecule has 6 heteroatoms. The first-order valence-electron chi connectivity index (χ1n) is 7.45. The predicted molar refractivity (Wildman–Crippen MR) is 72.2 cm³/mol. The fourth-order valence-electron chi connectivity index (χ4n) is 3.26. The Bertz CT molecular complexity index is 445. The molecular formula is C14H23N3O3. The van der Waals surface area contributed by atoms with E-state index in [1.54, 1.807) is 7.11 Å². The lowest BCUT2D eigenvalue weighted by molar-refractivity contribution is -0.0658. The fraction of sp³-hybridized carbons (Fsp3) is 0.857. The van der Waals surface area contributed by atoms with Crippen LogP contribution in [-0.2, 0) is 15.1 Å². The normalized spacial score (nSPS) is 35.1. The smallest absolute Gasteiger partial charge is 0.257 e. The summed E-state index contributed by atoms with van der Waals surface area (Å²) < 4.78 is 16.9. The molecule has 0 radical (unpaired) electrons. The van der Waals surface area contributed by atoms with Gasteiger partial charge in [0.25, 0.3) is 5.89 Å². The molecule has 0 amide bonds. The Labute approximate surface area is 119 Å². The standard InChI is InChI=1S/C14H23N3O3/c1-10-4-3-5-14(8-10,18-2)13-16-12(20-17-13)11-9-15-6-7-19-11/h10-11,15H,3-9H2,1-2H3. The van der Waals surface area contributed by atoms with Crippen LogP contribution in [-0.4, -0.2) is 36.9 Å². The second-order valence-corrected chi connectivity index (χ2v) is 5.92. The van der Waals surface area contributed by atoms with Gasteiger partial charge in [0.1, 0.15) is 11.7 Å². The SMILES string of the molecule is COC1(c2noc(C3CNCCO3)n2)CCCC(C)C1. The Balaban J connectivity index is 1.80. The summed E-state index contributed by atoms with van der Waals surface area (Å²) in [6, 6.07) is 0. The van der Waals surface area contributed by atoms with Crippen molar-refractivity contribution in [3.05, 3.63) is 11.7 Å². The number of rotatable bonds is 3. The zero-order valence-electron chi connectivity index (χ0n) is 12.2. The predicted octanol–water partition coefficient (Wildman–Crippen LogP) is 1.78. The molecule has 1 aliphatic heterocycles. The van der Waals surface area contributed by atoms with Gasteiger partial charge in [-0.15, -0.1) is 0 Å². The molecule has 3 unspecified atom stereocenters. The van der Waals surface area contributed by atoms with Crippen molar-refractivity contribution in [2.24, 2.45) is 5.92 Å². The number of ether oxygens (including phenoxy) is 2. The van der Waals surface area contributed by atoms with Gasteiger partial charge in [0, 0.05) is 20.2 Å². The summed E-state index contributed by atoms with van der Waals surface area (Å²) >= 11 is 0. The number of morpholine rings is 1. The molecular weight excluding hydrogens is 258 g/mol. The zero-order chi connectivity index (χ0) is 14.0. The topological polar surface area (TPSA) is 69.4 Å². The molecule has 1 saturated heterocycles. The van der Waals surface area contributed by atoms with Crippen molar-refractivity contribution < 1.29 is 14.0 Å². The summed E-state index contributed by atoms with van der Waals surface area (Å²) in [4.78, 5) is 4.57. The highest BCUT2D eigenvalue weighted by Crippen LogP contribution is 2.41. The average molecular weight is 281 g/mol. The summed E-state index contributed by atoms with van der Waals surface area (Å²) in [7, 11) is 1.74. The molecule has 0 spiro atoms. The van der Waals surface area contributed by atoms with Gasteiger partial charge in [-0.05, 0) is 25.2 Å². The van der Waals surface area contributed by atoms with E-state index < -0.39 is 0 Å². The number of nitrogens with zero attached hydrogens (tertiary/aromatic N) is 2. The first-order chi connectivity index (χ1) is 9.73. The molecule has 0 aromatic carbocycles. The second-order valence-electron chi connectivity index (χ2n) is 5.92. The Hall–Kier alpha value is -0.980. The summed E-state index contributed by atoms with van der Waals surface area (Å²) in [5.74, 6) is 1.86. The second kappa shape index (κ2) is 5.79. The Morgan fingerprint density at radius 3 is 3.05 bits per heavy atom. The number of methoxy groups -OCH3 is 1. The van der Waals surface area contributed by atoms with Gasteiger partial charge in [0.2, 0.25) is 5.82 Å². The molecule has 3 rings (SSSR count). The number of nitrogens with one attached hydrogen (secondary N) is 1. The molecule has 2 aliphatic rings. The number of hydrogen-bond donors (Lipinski definition) is 1. The van der Waals surface area contributed by atoms with Gasteiger partial charge < -0.3 is 19.3 Å². The van der Waals surface area contributed by atoms with Gasteiger partial charge in [-0.2, -0.15) is 4.98 Å².